The van der Waals surface area contributed by atoms with Gasteiger partial charge in [0, 0.05) is 5.56 Å². The number of thioether (sulfide) groups is 1. The summed E-state index contributed by atoms with van der Waals surface area (Å²) in [6, 6.07) is 7.82. The first kappa shape index (κ1) is 12.6. The third-order valence-corrected chi connectivity index (χ3v) is 3.44. The van der Waals surface area contributed by atoms with E-state index in [2.05, 4.69) is 15.2 Å². The number of nitrogens with zero attached hydrogens (tertiary/aromatic N) is 2. The molecule has 5 nitrogen and oxygen atoms in total. The lowest BCUT2D eigenvalue weighted by Gasteiger charge is -2.01. The summed E-state index contributed by atoms with van der Waals surface area (Å²) in [5, 5.41) is 15.6. The first-order valence-corrected chi connectivity index (χ1v) is 6.34. The van der Waals surface area contributed by atoms with Gasteiger partial charge in [-0.05, 0) is 19.4 Å². The maximum Gasteiger partial charge on any atom is 0.316 e. The predicted molar refractivity (Wildman–Crippen MR) is 69.5 cm³/mol. The van der Waals surface area contributed by atoms with Crippen LogP contribution in [-0.4, -0.2) is 31.5 Å². The Labute approximate surface area is 109 Å². The third kappa shape index (κ3) is 2.70. The zero-order valence-corrected chi connectivity index (χ0v) is 10.9. The zero-order chi connectivity index (χ0) is 13.1. The molecule has 0 bridgehead atoms. The molecule has 0 radical (unpaired) electrons. The van der Waals surface area contributed by atoms with Crippen LogP contribution in [0.15, 0.2) is 29.4 Å². The molecule has 1 atom stereocenters. The Hall–Kier alpha value is -1.82. The molecule has 2 N–H and O–H groups in total. The molecule has 94 valence electrons. The highest BCUT2D eigenvalue weighted by molar-refractivity contribution is 8.00. The Bertz CT molecular complexity index is 568. The second-order valence-electron chi connectivity index (χ2n) is 3.88. The van der Waals surface area contributed by atoms with Gasteiger partial charge in [-0.25, -0.2) is 4.98 Å². The van der Waals surface area contributed by atoms with Gasteiger partial charge in [-0.3, -0.25) is 9.89 Å². The fraction of sp³-hybridized carbons (Fsp3) is 0.250. The van der Waals surface area contributed by atoms with Crippen molar-refractivity contribution < 1.29 is 9.90 Å². The van der Waals surface area contributed by atoms with E-state index in [1.165, 1.54) is 0 Å². The number of rotatable bonds is 4. The summed E-state index contributed by atoms with van der Waals surface area (Å²) in [6.07, 6.45) is 0. The molecule has 0 saturated carbocycles. The van der Waals surface area contributed by atoms with Crippen LogP contribution < -0.4 is 0 Å². The van der Waals surface area contributed by atoms with Crippen LogP contribution in [0.5, 0.6) is 0 Å². The molecule has 0 aliphatic rings. The summed E-state index contributed by atoms with van der Waals surface area (Å²) < 4.78 is 0. The molecular formula is C12H13N3O2S. The largest absolute Gasteiger partial charge is 0.480 e. The molecule has 6 heteroatoms. The van der Waals surface area contributed by atoms with Crippen molar-refractivity contribution in [3.8, 4) is 11.4 Å². The van der Waals surface area contributed by atoms with Crippen molar-refractivity contribution in [1.82, 2.24) is 15.2 Å². The maximum atomic E-state index is 10.7. The van der Waals surface area contributed by atoms with Crippen LogP contribution in [0.4, 0.5) is 0 Å². The number of carboxylic acids is 1. The average Bonchev–Trinajstić information content (AvgIpc) is 2.77. The Morgan fingerprint density at radius 3 is 2.83 bits per heavy atom. The number of nitrogens with one attached hydrogen (secondary N) is 1. The van der Waals surface area contributed by atoms with E-state index in [1.807, 2.05) is 31.2 Å². The number of aromatic nitrogens is 3. The van der Waals surface area contributed by atoms with Gasteiger partial charge < -0.3 is 5.11 Å². The number of carboxylic acid groups (broad SMARTS) is 1. The highest BCUT2D eigenvalue weighted by atomic mass is 32.2. The number of hydrogen-bond acceptors (Lipinski definition) is 4. The van der Waals surface area contributed by atoms with Crippen molar-refractivity contribution >= 4 is 17.7 Å². The summed E-state index contributed by atoms with van der Waals surface area (Å²) in [5.41, 5.74) is 2.07. The molecule has 1 aromatic carbocycles. The molecule has 0 spiro atoms. The van der Waals surface area contributed by atoms with Crippen molar-refractivity contribution in [3.63, 3.8) is 0 Å². The molecule has 0 saturated heterocycles. The number of aromatic amines is 1. The maximum absolute atomic E-state index is 10.7. The number of aryl methyl sites for hydroxylation is 1. The van der Waals surface area contributed by atoms with Crippen molar-refractivity contribution in [2.75, 3.05) is 0 Å². The summed E-state index contributed by atoms with van der Waals surface area (Å²) in [5.74, 6) is -0.213. The van der Waals surface area contributed by atoms with Crippen LogP contribution in [0.3, 0.4) is 0 Å². The quantitative estimate of drug-likeness (QED) is 0.828. The number of hydrogen-bond donors (Lipinski definition) is 2. The summed E-state index contributed by atoms with van der Waals surface area (Å²) in [7, 11) is 0. The normalized spacial score (nSPS) is 12.3. The fourth-order valence-electron chi connectivity index (χ4n) is 1.47. The van der Waals surface area contributed by atoms with Crippen molar-refractivity contribution in [1.29, 1.82) is 0 Å². The van der Waals surface area contributed by atoms with Crippen molar-refractivity contribution in [3.05, 3.63) is 29.8 Å². The van der Waals surface area contributed by atoms with Crippen LogP contribution in [0.1, 0.15) is 12.5 Å². The van der Waals surface area contributed by atoms with E-state index in [4.69, 9.17) is 5.11 Å². The second kappa shape index (κ2) is 5.22. The lowest BCUT2D eigenvalue weighted by Crippen LogP contribution is -2.11. The first-order valence-electron chi connectivity index (χ1n) is 5.46. The minimum atomic E-state index is -0.873. The monoisotopic (exact) mass is 263 g/mol. The van der Waals surface area contributed by atoms with E-state index < -0.39 is 11.2 Å². The van der Waals surface area contributed by atoms with E-state index in [9.17, 15) is 4.79 Å². The van der Waals surface area contributed by atoms with Crippen molar-refractivity contribution in [2.45, 2.75) is 24.3 Å². The van der Waals surface area contributed by atoms with E-state index in [0.717, 1.165) is 22.9 Å². The van der Waals surface area contributed by atoms with Crippen LogP contribution in [0, 0.1) is 6.92 Å². The van der Waals surface area contributed by atoms with Gasteiger partial charge >= 0.3 is 5.97 Å². The van der Waals surface area contributed by atoms with E-state index in [1.54, 1.807) is 6.92 Å². The van der Waals surface area contributed by atoms with Gasteiger partial charge in [-0.15, -0.1) is 5.10 Å². The highest BCUT2D eigenvalue weighted by Crippen LogP contribution is 2.24. The molecule has 2 rings (SSSR count). The lowest BCUT2D eigenvalue weighted by molar-refractivity contribution is -0.136. The fourth-order valence-corrected chi connectivity index (χ4v) is 2.13. The van der Waals surface area contributed by atoms with Gasteiger partial charge in [0.1, 0.15) is 5.25 Å². The smallest absolute Gasteiger partial charge is 0.316 e. The van der Waals surface area contributed by atoms with E-state index >= 15 is 0 Å². The van der Waals surface area contributed by atoms with Crippen LogP contribution in [0.25, 0.3) is 11.4 Å². The molecule has 1 unspecified atom stereocenters. The van der Waals surface area contributed by atoms with Crippen molar-refractivity contribution in [2.24, 2.45) is 0 Å². The van der Waals surface area contributed by atoms with Gasteiger partial charge in [0.05, 0.1) is 0 Å². The number of H-pyrrole nitrogens is 1. The molecule has 0 aliphatic carbocycles. The SMILES string of the molecule is Cc1ccccc1-c1nc(SC(C)C(=O)O)n[nH]1. The molecule has 1 aromatic heterocycles. The molecule has 2 aromatic rings. The Morgan fingerprint density at radius 2 is 2.17 bits per heavy atom. The van der Waals surface area contributed by atoms with Crippen LogP contribution in [-0.2, 0) is 4.79 Å². The highest BCUT2D eigenvalue weighted by Gasteiger charge is 2.16. The first-order chi connectivity index (χ1) is 8.58. The second-order valence-corrected chi connectivity index (χ2v) is 5.19. The molecule has 0 aliphatic heterocycles. The number of aliphatic carboxylic acids is 1. The predicted octanol–water partition coefficient (Wildman–Crippen LogP) is 2.35. The third-order valence-electron chi connectivity index (χ3n) is 2.50. The van der Waals surface area contributed by atoms with Gasteiger partial charge in [0.25, 0.3) is 0 Å². The topological polar surface area (TPSA) is 78.9 Å². The summed E-state index contributed by atoms with van der Waals surface area (Å²) in [4.78, 5) is 15.0. The van der Waals surface area contributed by atoms with Gasteiger partial charge in [-0.1, -0.05) is 36.0 Å². The summed E-state index contributed by atoms with van der Waals surface area (Å²) in [6.45, 7) is 3.60. The summed E-state index contributed by atoms with van der Waals surface area (Å²) >= 11 is 1.12. The van der Waals surface area contributed by atoms with Crippen LogP contribution >= 0.6 is 11.8 Å². The number of carbonyl (C=O) groups is 1. The minimum Gasteiger partial charge on any atom is -0.480 e. The standard InChI is InChI=1S/C12H13N3O2S/c1-7-5-3-4-6-9(7)10-13-12(15-14-10)18-8(2)11(16)17/h3-6,8H,1-2H3,(H,16,17)(H,13,14,15). The molecule has 0 amide bonds. The van der Waals surface area contributed by atoms with E-state index in [0.29, 0.717) is 11.0 Å². The number of benzene rings is 1. The molecule has 18 heavy (non-hydrogen) atoms. The van der Waals surface area contributed by atoms with Gasteiger partial charge in [-0.2, -0.15) is 0 Å². The molecule has 1 heterocycles. The van der Waals surface area contributed by atoms with E-state index in [-0.39, 0.29) is 0 Å². The van der Waals surface area contributed by atoms with Crippen LogP contribution in [0.2, 0.25) is 0 Å². The van der Waals surface area contributed by atoms with Gasteiger partial charge in [0.2, 0.25) is 5.16 Å². The average molecular weight is 263 g/mol. The minimum absolute atomic E-state index is 0.447. The van der Waals surface area contributed by atoms with Gasteiger partial charge in [0.15, 0.2) is 5.82 Å². The Balaban J connectivity index is 2.21. The lowest BCUT2D eigenvalue weighted by atomic mass is 10.1. The Morgan fingerprint density at radius 1 is 1.44 bits per heavy atom. The zero-order valence-electron chi connectivity index (χ0n) is 10.0. The molecular weight excluding hydrogens is 250 g/mol. The molecule has 0 fully saturated rings. The Kier molecular flexibility index (Phi) is 3.66.